The van der Waals surface area contributed by atoms with Crippen LogP contribution in [0.25, 0.3) is 0 Å². The van der Waals surface area contributed by atoms with Gasteiger partial charge in [-0.25, -0.2) is 0 Å². The number of hydrogen-bond donors (Lipinski definition) is 2. The summed E-state index contributed by atoms with van der Waals surface area (Å²) in [6.07, 6.45) is 1.22. The predicted octanol–water partition coefficient (Wildman–Crippen LogP) is -0.0788. The highest BCUT2D eigenvalue weighted by atomic mass is 16.3. The summed E-state index contributed by atoms with van der Waals surface area (Å²) in [5.41, 5.74) is 5.26. The molecule has 3 heteroatoms. The molecule has 0 heterocycles. The van der Waals surface area contributed by atoms with Crippen LogP contribution in [0.2, 0.25) is 0 Å². The summed E-state index contributed by atoms with van der Waals surface area (Å²) < 4.78 is 0. The van der Waals surface area contributed by atoms with Gasteiger partial charge in [-0.1, -0.05) is 6.92 Å². The molecule has 0 aliphatic carbocycles. The lowest BCUT2D eigenvalue weighted by Crippen LogP contribution is -2.20. The van der Waals surface area contributed by atoms with Crippen molar-refractivity contribution in [2.45, 2.75) is 25.9 Å². The van der Waals surface area contributed by atoms with Gasteiger partial charge in [0.1, 0.15) is 6.29 Å². The lowest BCUT2D eigenvalue weighted by atomic mass is 9.99. The molecule has 0 aliphatic heterocycles. The van der Waals surface area contributed by atoms with Gasteiger partial charge in [0.05, 0.1) is 6.10 Å². The van der Waals surface area contributed by atoms with Crippen LogP contribution in [0, 0.1) is 5.92 Å². The van der Waals surface area contributed by atoms with E-state index < -0.39 is 6.10 Å². The summed E-state index contributed by atoms with van der Waals surface area (Å²) in [4.78, 5) is 9.93. The van der Waals surface area contributed by atoms with E-state index in [0.29, 0.717) is 6.54 Å². The molecule has 3 nitrogen and oxygen atoms in total. The van der Waals surface area contributed by atoms with Crippen LogP contribution >= 0.6 is 0 Å². The van der Waals surface area contributed by atoms with Gasteiger partial charge in [-0.2, -0.15) is 0 Å². The van der Waals surface area contributed by atoms with E-state index in [1.165, 1.54) is 0 Å². The summed E-state index contributed by atoms with van der Waals surface area (Å²) in [5.74, 6) is 0.134. The first-order chi connectivity index (χ1) is 4.72. The number of aliphatic hydroxyl groups excluding tert-OH is 1. The van der Waals surface area contributed by atoms with Crippen LogP contribution in [0.15, 0.2) is 0 Å². The van der Waals surface area contributed by atoms with Gasteiger partial charge in [0.2, 0.25) is 0 Å². The van der Waals surface area contributed by atoms with Crippen molar-refractivity contribution in [2.75, 3.05) is 6.54 Å². The molecule has 0 amide bonds. The van der Waals surface area contributed by atoms with Crippen LogP contribution in [0.1, 0.15) is 19.8 Å². The minimum atomic E-state index is -0.513. The van der Waals surface area contributed by atoms with Crippen molar-refractivity contribution in [3.05, 3.63) is 0 Å². The van der Waals surface area contributed by atoms with E-state index in [1.807, 2.05) is 6.92 Å². The first kappa shape index (κ1) is 9.59. The number of carbonyl (C=O) groups is 1. The average Bonchev–Trinajstić information content (AvgIpc) is 1.89. The second kappa shape index (κ2) is 5.38. The van der Waals surface area contributed by atoms with Gasteiger partial charge in [-0.05, 0) is 18.9 Å². The molecule has 0 spiro atoms. The molecular weight excluding hydrogens is 130 g/mol. The molecule has 0 saturated carbocycles. The molecule has 0 radical (unpaired) electrons. The minimum Gasteiger partial charge on any atom is -0.392 e. The van der Waals surface area contributed by atoms with E-state index in [4.69, 9.17) is 10.8 Å². The molecule has 0 bridgehead atoms. The maximum atomic E-state index is 9.93. The summed E-state index contributed by atoms with van der Waals surface area (Å²) >= 11 is 0. The lowest BCUT2D eigenvalue weighted by Gasteiger charge is -2.14. The zero-order valence-corrected chi connectivity index (χ0v) is 6.29. The number of carbonyl (C=O) groups excluding carboxylic acids is 1. The second-order valence-corrected chi connectivity index (χ2v) is 2.52. The summed E-state index contributed by atoms with van der Waals surface area (Å²) in [6, 6.07) is 0. The molecule has 1 unspecified atom stereocenters. The Hall–Kier alpha value is -0.410. The SMILES string of the molecule is CC(CCN)[C@H](O)CC=O. The van der Waals surface area contributed by atoms with E-state index in [9.17, 15) is 4.79 Å². The Bertz CT molecular complexity index is 95.6. The number of aldehydes is 1. The van der Waals surface area contributed by atoms with Gasteiger partial charge in [0, 0.05) is 6.42 Å². The second-order valence-electron chi connectivity index (χ2n) is 2.52. The van der Waals surface area contributed by atoms with Gasteiger partial charge in [-0.15, -0.1) is 0 Å². The van der Waals surface area contributed by atoms with Crippen LogP contribution in [0.3, 0.4) is 0 Å². The molecule has 0 aromatic rings. The Kier molecular flexibility index (Phi) is 5.16. The first-order valence-corrected chi connectivity index (χ1v) is 3.54. The zero-order valence-electron chi connectivity index (χ0n) is 6.29. The van der Waals surface area contributed by atoms with Gasteiger partial charge in [-0.3, -0.25) is 0 Å². The van der Waals surface area contributed by atoms with E-state index in [1.54, 1.807) is 0 Å². The van der Waals surface area contributed by atoms with Crippen LogP contribution in [0.4, 0.5) is 0 Å². The average molecular weight is 145 g/mol. The minimum absolute atomic E-state index is 0.134. The molecule has 0 rings (SSSR count). The molecule has 0 saturated heterocycles. The largest absolute Gasteiger partial charge is 0.392 e. The van der Waals surface area contributed by atoms with Crippen molar-refractivity contribution in [1.29, 1.82) is 0 Å². The molecule has 3 N–H and O–H groups in total. The first-order valence-electron chi connectivity index (χ1n) is 3.54. The van der Waals surface area contributed by atoms with E-state index >= 15 is 0 Å². The summed E-state index contributed by atoms with van der Waals surface area (Å²) in [6.45, 7) is 2.46. The van der Waals surface area contributed by atoms with Gasteiger partial charge < -0.3 is 15.6 Å². The van der Waals surface area contributed by atoms with Gasteiger partial charge in [0.25, 0.3) is 0 Å². The predicted molar refractivity (Wildman–Crippen MR) is 39.5 cm³/mol. The Morgan fingerprint density at radius 3 is 2.70 bits per heavy atom. The molecule has 2 atom stereocenters. The van der Waals surface area contributed by atoms with Gasteiger partial charge >= 0.3 is 0 Å². The van der Waals surface area contributed by atoms with Crippen LogP contribution in [0.5, 0.6) is 0 Å². The number of hydrogen-bond acceptors (Lipinski definition) is 3. The number of rotatable bonds is 5. The molecular formula is C7H15NO2. The maximum absolute atomic E-state index is 9.93. The molecule has 60 valence electrons. The fourth-order valence-electron chi connectivity index (χ4n) is 0.786. The zero-order chi connectivity index (χ0) is 7.98. The standard InChI is InChI=1S/C7H15NO2/c1-6(2-4-8)7(10)3-5-9/h5-7,10H,2-4,8H2,1H3/t6?,7-/m1/s1. The van der Waals surface area contributed by atoms with Crippen molar-refractivity contribution >= 4 is 6.29 Å². The summed E-state index contributed by atoms with van der Waals surface area (Å²) in [7, 11) is 0. The lowest BCUT2D eigenvalue weighted by molar-refractivity contribution is -0.110. The summed E-state index contributed by atoms with van der Waals surface area (Å²) in [5, 5.41) is 9.16. The highest BCUT2D eigenvalue weighted by Crippen LogP contribution is 2.08. The van der Waals surface area contributed by atoms with Crippen molar-refractivity contribution < 1.29 is 9.90 Å². The van der Waals surface area contributed by atoms with Crippen LogP contribution < -0.4 is 5.73 Å². The quantitative estimate of drug-likeness (QED) is 0.532. The third kappa shape index (κ3) is 3.58. The Balaban J connectivity index is 3.47. The Labute approximate surface area is 61.2 Å². The van der Waals surface area contributed by atoms with Crippen LogP contribution in [-0.2, 0) is 4.79 Å². The highest BCUT2D eigenvalue weighted by Gasteiger charge is 2.11. The normalized spacial score (nSPS) is 16.3. The fourth-order valence-corrected chi connectivity index (χ4v) is 0.786. The number of nitrogens with two attached hydrogens (primary N) is 1. The Morgan fingerprint density at radius 1 is 1.70 bits per heavy atom. The monoisotopic (exact) mass is 145 g/mol. The van der Waals surface area contributed by atoms with E-state index in [0.717, 1.165) is 12.7 Å². The number of aliphatic hydroxyl groups is 1. The van der Waals surface area contributed by atoms with Gasteiger partial charge in [0.15, 0.2) is 0 Å². The maximum Gasteiger partial charge on any atom is 0.122 e. The molecule has 0 aromatic carbocycles. The van der Waals surface area contributed by atoms with Crippen molar-refractivity contribution in [1.82, 2.24) is 0 Å². The van der Waals surface area contributed by atoms with E-state index in [2.05, 4.69) is 0 Å². The molecule has 0 fully saturated rings. The topological polar surface area (TPSA) is 63.3 Å². The highest BCUT2D eigenvalue weighted by molar-refractivity contribution is 5.50. The molecule has 0 aliphatic rings. The van der Waals surface area contributed by atoms with Crippen LogP contribution in [-0.4, -0.2) is 24.0 Å². The van der Waals surface area contributed by atoms with Crippen molar-refractivity contribution in [3.63, 3.8) is 0 Å². The van der Waals surface area contributed by atoms with Crippen molar-refractivity contribution in [2.24, 2.45) is 11.7 Å². The third-order valence-electron chi connectivity index (χ3n) is 1.62. The fraction of sp³-hybridized carbons (Fsp3) is 0.857. The smallest absolute Gasteiger partial charge is 0.122 e. The molecule has 0 aromatic heterocycles. The third-order valence-corrected chi connectivity index (χ3v) is 1.62. The van der Waals surface area contributed by atoms with E-state index in [-0.39, 0.29) is 12.3 Å². The van der Waals surface area contributed by atoms with Crippen molar-refractivity contribution in [3.8, 4) is 0 Å². The Morgan fingerprint density at radius 2 is 2.30 bits per heavy atom. The molecule has 10 heavy (non-hydrogen) atoms.